The maximum atomic E-state index is 13.2. The summed E-state index contributed by atoms with van der Waals surface area (Å²) in [7, 11) is 3.07. The SMILES string of the molecule is COc1ccc(OC)c(-n2c(CNC(=O)COc3ccccc3)nnc2SCC(=O)Nc2ccc(F)cc2)c1. The van der Waals surface area contributed by atoms with Crippen molar-refractivity contribution < 1.29 is 28.2 Å². The summed E-state index contributed by atoms with van der Waals surface area (Å²) in [6.07, 6.45) is 0. The second-order valence-corrected chi connectivity index (χ2v) is 8.94. The Labute approximate surface area is 228 Å². The number of carbonyl (C=O) groups excluding carboxylic acids is 2. The molecule has 0 aliphatic carbocycles. The fourth-order valence-electron chi connectivity index (χ4n) is 3.48. The number of carbonyl (C=O) groups is 2. The van der Waals surface area contributed by atoms with Crippen LogP contribution in [-0.4, -0.2) is 53.2 Å². The van der Waals surface area contributed by atoms with Gasteiger partial charge in [-0.05, 0) is 48.5 Å². The Morgan fingerprint density at radius 1 is 0.923 bits per heavy atom. The molecule has 10 nitrogen and oxygen atoms in total. The second kappa shape index (κ2) is 13.3. The quantitative estimate of drug-likeness (QED) is 0.255. The molecule has 0 saturated heterocycles. The highest BCUT2D eigenvalue weighted by atomic mass is 32.2. The molecule has 202 valence electrons. The van der Waals surface area contributed by atoms with Crippen molar-refractivity contribution in [3.05, 3.63) is 84.4 Å². The fourth-order valence-corrected chi connectivity index (χ4v) is 4.24. The summed E-state index contributed by atoms with van der Waals surface area (Å²) in [4.78, 5) is 25.0. The zero-order chi connectivity index (χ0) is 27.6. The Hall–Kier alpha value is -4.58. The van der Waals surface area contributed by atoms with Crippen LogP contribution in [0.1, 0.15) is 5.82 Å². The third-order valence-electron chi connectivity index (χ3n) is 5.34. The Balaban J connectivity index is 1.51. The number of nitrogens with one attached hydrogen (secondary N) is 2. The summed E-state index contributed by atoms with van der Waals surface area (Å²) < 4.78 is 31.3. The molecule has 1 heterocycles. The molecule has 3 aromatic carbocycles. The molecule has 4 rings (SSSR count). The Kier molecular flexibility index (Phi) is 9.35. The van der Waals surface area contributed by atoms with Crippen molar-refractivity contribution >= 4 is 29.3 Å². The van der Waals surface area contributed by atoms with Gasteiger partial charge in [-0.15, -0.1) is 10.2 Å². The van der Waals surface area contributed by atoms with Crippen LogP contribution in [-0.2, 0) is 16.1 Å². The number of anilines is 1. The third kappa shape index (κ3) is 7.48. The number of para-hydroxylation sites is 1. The monoisotopic (exact) mass is 551 g/mol. The van der Waals surface area contributed by atoms with E-state index in [0.29, 0.717) is 39.6 Å². The lowest BCUT2D eigenvalue weighted by molar-refractivity contribution is -0.123. The smallest absolute Gasteiger partial charge is 0.258 e. The molecule has 0 bridgehead atoms. The maximum absolute atomic E-state index is 13.2. The molecule has 2 N–H and O–H groups in total. The van der Waals surface area contributed by atoms with Gasteiger partial charge in [-0.25, -0.2) is 4.39 Å². The molecular weight excluding hydrogens is 525 g/mol. The third-order valence-corrected chi connectivity index (χ3v) is 6.27. The van der Waals surface area contributed by atoms with Crippen LogP contribution in [0, 0.1) is 5.82 Å². The first-order valence-electron chi connectivity index (χ1n) is 11.8. The molecule has 0 atom stereocenters. The minimum Gasteiger partial charge on any atom is -0.497 e. The molecule has 12 heteroatoms. The second-order valence-electron chi connectivity index (χ2n) is 7.99. The van der Waals surface area contributed by atoms with Gasteiger partial charge in [-0.3, -0.25) is 14.2 Å². The van der Waals surface area contributed by atoms with E-state index in [1.807, 2.05) is 18.2 Å². The first-order chi connectivity index (χ1) is 19.0. The summed E-state index contributed by atoms with van der Waals surface area (Å²) in [5.74, 6) is 0.994. The summed E-state index contributed by atoms with van der Waals surface area (Å²) >= 11 is 1.14. The van der Waals surface area contributed by atoms with Crippen LogP contribution in [0.25, 0.3) is 5.69 Å². The van der Waals surface area contributed by atoms with Gasteiger partial charge in [0.25, 0.3) is 5.91 Å². The van der Waals surface area contributed by atoms with Crippen molar-refractivity contribution in [2.75, 3.05) is 31.9 Å². The number of amides is 2. The number of nitrogens with zero attached hydrogens (tertiary/aromatic N) is 3. The molecule has 0 fully saturated rings. The number of rotatable bonds is 12. The summed E-state index contributed by atoms with van der Waals surface area (Å²) in [6, 6.07) is 19.7. The van der Waals surface area contributed by atoms with Crippen LogP contribution in [0.3, 0.4) is 0 Å². The molecule has 0 saturated carbocycles. The molecule has 0 aliphatic rings. The minimum atomic E-state index is -0.394. The molecule has 2 amide bonds. The highest BCUT2D eigenvalue weighted by Gasteiger charge is 2.20. The number of hydrogen-bond donors (Lipinski definition) is 2. The largest absolute Gasteiger partial charge is 0.497 e. The Morgan fingerprint density at radius 2 is 1.69 bits per heavy atom. The van der Waals surface area contributed by atoms with Gasteiger partial charge in [0.05, 0.1) is 32.2 Å². The number of aromatic nitrogens is 3. The van der Waals surface area contributed by atoms with Crippen molar-refractivity contribution in [2.24, 2.45) is 0 Å². The standard InChI is InChI=1S/C27H26FN5O5S/c1-36-21-12-13-23(37-2)22(14-21)33-24(15-29-25(34)16-38-20-6-4-3-5-7-20)31-32-27(33)39-17-26(35)30-19-10-8-18(28)9-11-19/h3-14H,15-17H2,1-2H3,(H,29,34)(H,30,35). The molecule has 0 unspecified atom stereocenters. The first-order valence-corrected chi connectivity index (χ1v) is 12.7. The molecule has 4 aromatic rings. The maximum Gasteiger partial charge on any atom is 0.258 e. The topological polar surface area (TPSA) is 117 Å². The van der Waals surface area contributed by atoms with E-state index in [1.54, 1.807) is 42.0 Å². The van der Waals surface area contributed by atoms with Crippen molar-refractivity contribution in [3.8, 4) is 22.9 Å². The van der Waals surface area contributed by atoms with Crippen LogP contribution < -0.4 is 24.8 Å². The van der Waals surface area contributed by atoms with Crippen molar-refractivity contribution in [2.45, 2.75) is 11.7 Å². The summed E-state index contributed by atoms with van der Waals surface area (Å²) in [5, 5.41) is 14.4. The van der Waals surface area contributed by atoms with E-state index in [1.165, 1.54) is 31.4 Å². The fraction of sp³-hybridized carbons (Fsp3) is 0.185. The van der Waals surface area contributed by atoms with E-state index in [2.05, 4.69) is 20.8 Å². The number of hydrogen-bond acceptors (Lipinski definition) is 8. The molecule has 1 aromatic heterocycles. The molecule has 0 spiro atoms. The van der Waals surface area contributed by atoms with E-state index in [4.69, 9.17) is 14.2 Å². The van der Waals surface area contributed by atoms with E-state index in [-0.39, 0.29) is 30.7 Å². The van der Waals surface area contributed by atoms with Crippen LogP contribution in [0.5, 0.6) is 17.2 Å². The number of methoxy groups -OCH3 is 2. The highest BCUT2D eigenvalue weighted by Crippen LogP contribution is 2.32. The average Bonchev–Trinajstić information content (AvgIpc) is 3.37. The number of benzene rings is 3. The molecule has 0 radical (unpaired) electrons. The van der Waals surface area contributed by atoms with Crippen molar-refractivity contribution in [3.63, 3.8) is 0 Å². The molecule has 0 aliphatic heterocycles. The average molecular weight is 552 g/mol. The van der Waals surface area contributed by atoms with Gasteiger partial charge < -0.3 is 24.8 Å². The van der Waals surface area contributed by atoms with E-state index in [0.717, 1.165) is 11.8 Å². The number of halogens is 1. The van der Waals surface area contributed by atoms with E-state index in [9.17, 15) is 14.0 Å². The predicted octanol–water partition coefficient (Wildman–Crippen LogP) is 3.85. The summed E-state index contributed by atoms with van der Waals surface area (Å²) in [6.45, 7) is -0.140. The van der Waals surface area contributed by atoms with Crippen LogP contribution in [0.4, 0.5) is 10.1 Å². The number of ether oxygens (including phenoxy) is 3. The first kappa shape index (κ1) is 27.5. The minimum absolute atomic E-state index is 0.000924. The van der Waals surface area contributed by atoms with E-state index >= 15 is 0 Å². The zero-order valence-electron chi connectivity index (χ0n) is 21.2. The lowest BCUT2D eigenvalue weighted by Gasteiger charge is -2.15. The lowest BCUT2D eigenvalue weighted by atomic mass is 10.2. The lowest BCUT2D eigenvalue weighted by Crippen LogP contribution is -2.29. The van der Waals surface area contributed by atoms with Gasteiger partial charge in [0.2, 0.25) is 5.91 Å². The van der Waals surface area contributed by atoms with Gasteiger partial charge in [-0.2, -0.15) is 0 Å². The number of thioether (sulfide) groups is 1. The normalized spacial score (nSPS) is 10.5. The van der Waals surface area contributed by atoms with Gasteiger partial charge in [0.15, 0.2) is 17.6 Å². The predicted molar refractivity (Wildman–Crippen MR) is 144 cm³/mol. The van der Waals surface area contributed by atoms with Gasteiger partial charge in [0, 0.05) is 11.8 Å². The van der Waals surface area contributed by atoms with Gasteiger partial charge >= 0.3 is 0 Å². The zero-order valence-corrected chi connectivity index (χ0v) is 22.0. The summed E-state index contributed by atoms with van der Waals surface area (Å²) in [5.41, 5.74) is 1.03. The van der Waals surface area contributed by atoms with E-state index < -0.39 is 5.82 Å². The van der Waals surface area contributed by atoms with Gasteiger partial charge in [-0.1, -0.05) is 30.0 Å². The molecular formula is C27H26FN5O5S. The Bertz CT molecular complexity index is 1420. The van der Waals surface area contributed by atoms with Gasteiger partial charge in [0.1, 0.15) is 23.1 Å². The van der Waals surface area contributed by atoms with Crippen molar-refractivity contribution in [1.82, 2.24) is 20.1 Å². The molecule has 39 heavy (non-hydrogen) atoms. The highest BCUT2D eigenvalue weighted by molar-refractivity contribution is 7.99. The van der Waals surface area contributed by atoms with Crippen molar-refractivity contribution in [1.29, 1.82) is 0 Å². The van der Waals surface area contributed by atoms with Crippen LogP contribution >= 0.6 is 11.8 Å². The van der Waals surface area contributed by atoms with Crippen LogP contribution in [0.15, 0.2) is 78.0 Å². The van der Waals surface area contributed by atoms with Crippen LogP contribution in [0.2, 0.25) is 0 Å². The Morgan fingerprint density at radius 3 is 2.41 bits per heavy atom.